The third-order valence-corrected chi connectivity index (χ3v) is 6.04. The Morgan fingerprint density at radius 3 is 2.00 bits per heavy atom. The van der Waals surface area contributed by atoms with E-state index in [0.29, 0.717) is 18.0 Å². The summed E-state index contributed by atoms with van der Waals surface area (Å²) in [5.41, 5.74) is 0.425. The van der Waals surface area contributed by atoms with Gasteiger partial charge in [-0.15, -0.1) is 0 Å². The van der Waals surface area contributed by atoms with Gasteiger partial charge < -0.3 is 10.1 Å². The molecule has 0 heterocycles. The van der Waals surface area contributed by atoms with Gasteiger partial charge in [0.2, 0.25) is 5.91 Å². The molecule has 162 valence electrons. The summed E-state index contributed by atoms with van der Waals surface area (Å²) < 4.78 is 59.2. The Bertz CT molecular complexity index is 1130. The molecule has 0 saturated carbocycles. The van der Waals surface area contributed by atoms with Crippen LogP contribution in [0.15, 0.2) is 77.7 Å². The van der Waals surface area contributed by atoms with Crippen LogP contribution < -0.4 is 14.4 Å². The van der Waals surface area contributed by atoms with Gasteiger partial charge in [-0.05, 0) is 79.7 Å². The highest BCUT2D eigenvalue weighted by molar-refractivity contribution is 7.92. The molecule has 0 fully saturated rings. The monoisotopic (exact) mass is 446 g/mol. The van der Waals surface area contributed by atoms with Crippen molar-refractivity contribution < 1.29 is 26.7 Å². The first-order valence-corrected chi connectivity index (χ1v) is 10.8. The molecule has 3 rings (SSSR count). The number of ether oxygens (including phenoxy) is 1. The molecular weight excluding hydrogens is 426 g/mol. The minimum Gasteiger partial charge on any atom is -0.494 e. The quantitative estimate of drug-likeness (QED) is 0.563. The van der Waals surface area contributed by atoms with Crippen molar-refractivity contribution in [3.63, 3.8) is 0 Å². The van der Waals surface area contributed by atoms with Gasteiger partial charge in [-0.3, -0.25) is 9.10 Å². The first-order chi connectivity index (χ1) is 14.8. The molecule has 1 N–H and O–H groups in total. The Kier molecular flexibility index (Phi) is 6.86. The molecule has 9 heteroatoms. The molecule has 0 aliphatic rings. The first kappa shape index (κ1) is 22.2. The van der Waals surface area contributed by atoms with E-state index in [1.54, 1.807) is 6.92 Å². The number of carbonyl (C=O) groups is 1. The van der Waals surface area contributed by atoms with E-state index in [2.05, 4.69) is 5.32 Å². The van der Waals surface area contributed by atoms with E-state index in [1.165, 1.54) is 60.7 Å². The fraction of sp³-hybridized carbons (Fsp3) is 0.136. The molecule has 0 atom stereocenters. The largest absolute Gasteiger partial charge is 0.494 e. The molecular formula is C22H20F2N2O4S. The number of rotatable bonds is 8. The third kappa shape index (κ3) is 5.58. The van der Waals surface area contributed by atoms with Gasteiger partial charge in [-0.1, -0.05) is 0 Å². The lowest BCUT2D eigenvalue weighted by molar-refractivity contribution is -0.114. The molecule has 0 aromatic heterocycles. The second-order valence-corrected chi connectivity index (χ2v) is 8.31. The fourth-order valence-electron chi connectivity index (χ4n) is 2.79. The normalized spacial score (nSPS) is 11.1. The number of carbonyl (C=O) groups excluding carboxylic acids is 1. The zero-order valence-corrected chi connectivity index (χ0v) is 17.4. The Morgan fingerprint density at radius 2 is 1.45 bits per heavy atom. The van der Waals surface area contributed by atoms with Gasteiger partial charge in [0.15, 0.2) is 0 Å². The number of hydrogen-bond acceptors (Lipinski definition) is 4. The molecule has 3 aromatic carbocycles. The minimum atomic E-state index is -4.16. The van der Waals surface area contributed by atoms with E-state index in [-0.39, 0.29) is 10.6 Å². The molecule has 0 aliphatic heterocycles. The third-order valence-electron chi connectivity index (χ3n) is 4.25. The molecule has 0 saturated heterocycles. The lowest BCUT2D eigenvalue weighted by Gasteiger charge is -2.24. The van der Waals surface area contributed by atoms with Crippen LogP contribution in [-0.2, 0) is 14.8 Å². The van der Waals surface area contributed by atoms with E-state index in [1.807, 2.05) is 0 Å². The number of amides is 1. The smallest absolute Gasteiger partial charge is 0.264 e. The zero-order valence-electron chi connectivity index (χ0n) is 16.6. The van der Waals surface area contributed by atoms with Crippen LogP contribution in [0.2, 0.25) is 0 Å². The maximum Gasteiger partial charge on any atom is 0.264 e. The van der Waals surface area contributed by atoms with Gasteiger partial charge >= 0.3 is 0 Å². The number of nitrogens with one attached hydrogen (secondary N) is 1. The Morgan fingerprint density at radius 1 is 0.903 bits per heavy atom. The van der Waals surface area contributed by atoms with E-state index in [0.717, 1.165) is 16.4 Å². The van der Waals surface area contributed by atoms with Crippen LogP contribution in [0.3, 0.4) is 0 Å². The average Bonchev–Trinajstić information content (AvgIpc) is 2.75. The number of nitrogens with zero attached hydrogens (tertiary/aromatic N) is 1. The van der Waals surface area contributed by atoms with Crippen molar-refractivity contribution in [2.24, 2.45) is 0 Å². The van der Waals surface area contributed by atoms with Gasteiger partial charge in [0.1, 0.15) is 23.9 Å². The Labute approximate surface area is 179 Å². The first-order valence-electron chi connectivity index (χ1n) is 9.36. The van der Waals surface area contributed by atoms with Crippen molar-refractivity contribution >= 4 is 27.3 Å². The van der Waals surface area contributed by atoms with E-state index < -0.39 is 34.1 Å². The highest BCUT2D eigenvalue weighted by atomic mass is 32.2. The summed E-state index contributed by atoms with van der Waals surface area (Å²) in [5.74, 6) is -1.16. The summed E-state index contributed by atoms with van der Waals surface area (Å²) in [5, 5.41) is 2.52. The highest BCUT2D eigenvalue weighted by Crippen LogP contribution is 2.25. The molecule has 31 heavy (non-hydrogen) atoms. The summed E-state index contributed by atoms with van der Waals surface area (Å²) >= 11 is 0. The molecule has 0 spiro atoms. The van der Waals surface area contributed by atoms with E-state index in [4.69, 9.17) is 4.74 Å². The average molecular weight is 446 g/mol. The molecule has 0 aliphatic carbocycles. The van der Waals surface area contributed by atoms with Crippen molar-refractivity contribution in [3.05, 3.63) is 84.4 Å². The molecule has 0 unspecified atom stereocenters. The molecule has 0 bridgehead atoms. The van der Waals surface area contributed by atoms with E-state index >= 15 is 0 Å². The predicted molar refractivity (Wildman–Crippen MR) is 114 cm³/mol. The van der Waals surface area contributed by atoms with Gasteiger partial charge in [-0.2, -0.15) is 0 Å². The predicted octanol–water partition coefficient (Wildman–Crippen LogP) is 4.20. The van der Waals surface area contributed by atoms with Crippen molar-refractivity contribution in [2.75, 3.05) is 22.8 Å². The van der Waals surface area contributed by atoms with Crippen LogP contribution in [0.5, 0.6) is 5.75 Å². The lowest BCUT2D eigenvalue weighted by atomic mass is 10.3. The van der Waals surface area contributed by atoms with Crippen molar-refractivity contribution in [1.29, 1.82) is 0 Å². The topological polar surface area (TPSA) is 75.7 Å². The minimum absolute atomic E-state index is 0.0603. The number of hydrogen-bond donors (Lipinski definition) is 1. The van der Waals surface area contributed by atoms with Crippen LogP contribution in [0.4, 0.5) is 20.2 Å². The summed E-state index contributed by atoms with van der Waals surface area (Å²) in [6.07, 6.45) is 0. The highest BCUT2D eigenvalue weighted by Gasteiger charge is 2.27. The van der Waals surface area contributed by atoms with Crippen molar-refractivity contribution in [2.45, 2.75) is 11.8 Å². The second-order valence-electron chi connectivity index (χ2n) is 6.45. The molecule has 0 radical (unpaired) electrons. The Balaban J connectivity index is 1.90. The van der Waals surface area contributed by atoms with Gasteiger partial charge in [0.25, 0.3) is 10.0 Å². The molecule has 1 amide bonds. The second kappa shape index (κ2) is 9.57. The van der Waals surface area contributed by atoms with Gasteiger partial charge in [-0.25, -0.2) is 17.2 Å². The number of anilines is 2. The lowest BCUT2D eigenvalue weighted by Crippen LogP contribution is -2.38. The van der Waals surface area contributed by atoms with Crippen molar-refractivity contribution in [3.8, 4) is 5.75 Å². The van der Waals surface area contributed by atoms with Gasteiger partial charge in [0, 0.05) is 5.69 Å². The number of halogens is 2. The summed E-state index contributed by atoms with van der Waals surface area (Å²) in [6.45, 7) is 1.66. The molecule has 3 aromatic rings. The maximum atomic E-state index is 13.4. The Hall–Kier alpha value is -3.46. The van der Waals surface area contributed by atoms with E-state index in [9.17, 15) is 22.0 Å². The fourth-order valence-corrected chi connectivity index (χ4v) is 4.21. The maximum absolute atomic E-state index is 13.4. The zero-order chi connectivity index (χ0) is 22.4. The standard InChI is InChI=1S/C22H20F2N2O4S/c1-2-30-20-11-13-21(14-12-20)31(28,29)26(19-9-5-17(24)6-10-19)15-22(27)25-18-7-3-16(23)4-8-18/h3-14H,2,15H2,1H3,(H,25,27). The van der Waals surface area contributed by atoms with Gasteiger partial charge in [0.05, 0.1) is 17.2 Å². The summed E-state index contributed by atoms with van der Waals surface area (Å²) in [7, 11) is -4.16. The van der Waals surface area contributed by atoms with Crippen molar-refractivity contribution in [1.82, 2.24) is 0 Å². The number of benzene rings is 3. The SMILES string of the molecule is CCOc1ccc(S(=O)(=O)N(CC(=O)Nc2ccc(F)cc2)c2ccc(F)cc2)cc1. The molecule has 6 nitrogen and oxygen atoms in total. The summed E-state index contributed by atoms with van der Waals surface area (Å²) in [4.78, 5) is 12.5. The summed E-state index contributed by atoms with van der Waals surface area (Å²) in [6, 6.07) is 15.6. The van der Waals surface area contributed by atoms with Crippen LogP contribution in [0, 0.1) is 11.6 Å². The number of sulfonamides is 1. The van der Waals surface area contributed by atoms with Crippen LogP contribution in [0.1, 0.15) is 6.92 Å². The van der Waals surface area contributed by atoms with Crippen LogP contribution in [0.25, 0.3) is 0 Å². The van der Waals surface area contributed by atoms with Crippen LogP contribution >= 0.6 is 0 Å². The van der Waals surface area contributed by atoms with Crippen LogP contribution in [-0.4, -0.2) is 27.5 Å².